The summed E-state index contributed by atoms with van der Waals surface area (Å²) in [4.78, 5) is 40.6. The van der Waals surface area contributed by atoms with Crippen LogP contribution in [-0.2, 0) is 30.3 Å². The van der Waals surface area contributed by atoms with Gasteiger partial charge in [-0.1, -0.05) is 12.1 Å². The number of aliphatic hydroxyl groups excluding tert-OH is 1. The molecule has 3 aliphatic rings. The number of hydrogen-bond donors (Lipinski definition) is 3. The Kier molecular flexibility index (Phi) is 9.51. The van der Waals surface area contributed by atoms with E-state index in [1.54, 1.807) is 0 Å². The summed E-state index contributed by atoms with van der Waals surface area (Å²) in [7, 11) is 0. The number of aliphatic hydroxyl groups is 1. The third kappa shape index (κ3) is 7.93. The summed E-state index contributed by atoms with van der Waals surface area (Å²) >= 11 is 0. The molecule has 10 heteroatoms. The first kappa shape index (κ1) is 29.3. The van der Waals surface area contributed by atoms with Crippen LogP contribution in [0.25, 0.3) is 0 Å². The molecule has 4 atom stereocenters. The molecule has 0 aromatic heterocycles. The van der Waals surface area contributed by atoms with Crippen LogP contribution in [0, 0.1) is 11.8 Å². The Labute approximate surface area is 230 Å². The van der Waals surface area contributed by atoms with Gasteiger partial charge in [-0.15, -0.1) is 0 Å². The van der Waals surface area contributed by atoms with Gasteiger partial charge in [0.05, 0.1) is 31.3 Å². The molecular formula is C29H42N2O8. The molecule has 2 heterocycles. The van der Waals surface area contributed by atoms with E-state index in [2.05, 4.69) is 5.32 Å². The lowest BCUT2D eigenvalue weighted by molar-refractivity contribution is -0.198. The van der Waals surface area contributed by atoms with Gasteiger partial charge >= 0.3 is 5.97 Å². The minimum absolute atomic E-state index is 0.0720. The highest BCUT2D eigenvalue weighted by molar-refractivity contribution is 5.91. The van der Waals surface area contributed by atoms with E-state index < -0.39 is 36.0 Å². The highest BCUT2D eigenvalue weighted by atomic mass is 16.6. The van der Waals surface area contributed by atoms with E-state index in [0.717, 1.165) is 5.56 Å². The van der Waals surface area contributed by atoms with Crippen molar-refractivity contribution >= 4 is 17.8 Å². The SMILES string of the molecule is CC(C)(C)OC(O)C1CCC([C@@H]2NC(=O)Cc3cccc(c3)OCCCO[C@@H]3CC(C(=O)O)N(C3)C2=O)CC1. The number of carboxylic acids is 1. The predicted molar refractivity (Wildman–Crippen MR) is 142 cm³/mol. The molecular weight excluding hydrogens is 504 g/mol. The molecule has 1 aliphatic carbocycles. The van der Waals surface area contributed by atoms with Crippen LogP contribution in [0.2, 0.25) is 0 Å². The molecule has 2 unspecified atom stereocenters. The lowest BCUT2D eigenvalue weighted by Gasteiger charge is -2.38. The lowest BCUT2D eigenvalue weighted by atomic mass is 9.77. The summed E-state index contributed by atoms with van der Waals surface area (Å²) in [5.74, 6) is -1.38. The standard InChI is InChI=1S/C29H42N2O8/c1-29(2,3)39-28(36)20-10-8-19(9-11-20)25-26(33)31-17-22(16-23(31)27(34)35)38-13-5-12-37-21-7-4-6-18(14-21)15-24(32)30-25/h4,6-7,14,19-20,22-23,25,28,36H,5,8-13,15-17H2,1-3H3,(H,30,32)(H,34,35)/t19?,20?,22-,23?,25+,28?/m1/s1. The fourth-order valence-corrected chi connectivity index (χ4v) is 5.83. The molecule has 1 saturated heterocycles. The number of fused-ring (bicyclic) bond motifs is 4. The molecule has 1 saturated carbocycles. The van der Waals surface area contributed by atoms with Crippen molar-refractivity contribution in [2.75, 3.05) is 19.8 Å². The van der Waals surface area contributed by atoms with Crippen LogP contribution >= 0.6 is 0 Å². The number of amides is 2. The summed E-state index contributed by atoms with van der Waals surface area (Å²) < 4.78 is 17.5. The van der Waals surface area contributed by atoms with E-state index in [0.29, 0.717) is 51.1 Å². The molecule has 4 rings (SSSR count). The molecule has 39 heavy (non-hydrogen) atoms. The fraction of sp³-hybridized carbons (Fsp3) is 0.690. The normalized spacial score (nSPS) is 29.8. The molecule has 3 N–H and O–H groups in total. The van der Waals surface area contributed by atoms with E-state index in [4.69, 9.17) is 14.2 Å². The number of hydrogen-bond acceptors (Lipinski definition) is 7. The maximum atomic E-state index is 13.9. The highest BCUT2D eigenvalue weighted by Gasteiger charge is 2.45. The van der Waals surface area contributed by atoms with Gasteiger partial charge in [0.2, 0.25) is 11.8 Å². The Morgan fingerprint density at radius 3 is 2.59 bits per heavy atom. The molecule has 0 spiro atoms. The Morgan fingerprint density at radius 1 is 1.15 bits per heavy atom. The highest BCUT2D eigenvalue weighted by Crippen LogP contribution is 2.35. The number of carboxylic acid groups (broad SMARTS) is 1. The number of benzene rings is 1. The van der Waals surface area contributed by atoms with Gasteiger partial charge in [-0.25, -0.2) is 4.79 Å². The van der Waals surface area contributed by atoms with Gasteiger partial charge in [-0.2, -0.15) is 0 Å². The first-order valence-corrected chi connectivity index (χ1v) is 14.0. The second-order valence-corrected chi connectivity index (χ2v) is 11.9. The predicted octanol–water partition coefficient (Wildman–Crippen LogP) is 2.51. The van der Waals surface area contributed by atoms with Crippen molar-refractivity contribution in [3.05, 3.63) is 29.8 Å². The van der Waals surface area contributed by atoms with Gasteiger partial charge < -0.3 is 34.6 Å². The third-order valence-electron chi connectivity index (χ3n) is 7.75. The maximum absolute atomic E-state index is 13.9. The van der Waals surface area contributed by atoms with Crippen LogP contribution in [0.3, 0.4) is 0 Å². The van der Waals surface area contributed by atoms with E-state index in [1.165, 1.54) is 4.90 Å². The quantitative estimate of drug-likeness (QED) is 0.491. The Bertz CT molecular complexity index is 1020. The van der Waals surface area contributed by atoms with Crippen LogP contribution < -0.4 is 10.1 Å². The fourth-order valence-electron chi connectivity index (χ4n) is 5.83. The van der Waals surface area contributed by atoms with Crippen molar-refractivity contribution in [1.82, 2.24) is 10.2 Å². The monoisotopic (exact) mass is 546 g/mol. The number of carbonyl (C=O) groups excluding carboxylic acids is 2. The van der Waals surface area contributed by atoms with Crippen LogP contribution in [-0.4, -0.2) is 82.7 Å². The Morgan fingerprint density at radius 2 is 1.90 bits per heavy atom. The summed E-state index contributed by atoms with van der Waals surface area (Å²) in [6.45, 7) is 6.65. The van der Waals surface area contributed by atoms with Crippen molar-refractivity contribution < 1.29 is 38.8 Å². The molecule has 2 fully saturated rings. The molecule has 1 aromatic rings. The average molecular weight is 547 g/mol. The number of rotatable bonds is 4. The summed E-state index contributed by atoms with van der Waals surface area (Å²) in [6.07, 6.45) is 2.04. The molecule has 4 bridgehead atoms. The van der Waals surface area contributed by atoms with Crippen LogP contribution in [0.4, 0.5) is 0 Å². The zero-order valence-corrected chi connectivity index (χ0v) is 23.1. The van der Waals surface area contributed by atoms with E-state index in [9.17, 15) is 24.6 Å². The van der Waals surface area contributed by atoms with Gasteiger partial charge in [0.25, 0.3) is 0 Å². The van der Waals surface area contributed by atoms with Crippen LogP contribution in [0.5, 0.6) is 5.75 Å². The molecule has 0 radical (unpaired) electrons. The minimum atomic E-state index is -1.08. The molecule has 1 aromatic carbocycles. The number of nitrogens with one attached hydrogen (secondary N) is 1. The molecule has 216 valence electrons. The topological polar surface area (TPSA) is 135 Å². The maximum Gasteiger partial charge on any atom is 0.326 e. The second kappa shape index (κ2) is 12.7. The Balaban J connectivity index is 1.54. The molecule has 2 aliphatic heterocycles. The van der Waals surface area contributed by atoms with Crippen LogP contribution in [0.15, 0.2) is 24.3 Å². The Hall–Kier alpha value is -2.69. The van der Waals surface area contributed by atoms with E-state index >= 15 is 0 Å². The van der Waals surface area contributed by atoms with E-state index in [-0.39, 0.29) is 43.0 Å². The van der Waals surface area contributed by atoms with Gasteiger partial charge in [0.15, 0.2) is 6.29 Å². The smallest absolute Gasteiger partial charge is 0.326 e. The number of carbonyl (C=O) groups is 3. The van der Waals surface area contributed by atoms with Crippen molar-refractivity contribution in [3.63, 3.8) is 0 Å². The van der Waals surface area contributed by atoms with Crippen molar-refractivity contribution in [1.29, 1.82) is 0 Å². The molecule has 10 nitrogen and oxygen atoms in total. The van der Waals surface area contributed by atoms with Gasteiger partial charge in [0.1, 0.15) is 17.8 Å². The van der Waals surface area contributed by atoms with Crippen molar-refractivity contribution in [2.24, 2.45) is 11.8 Å². The number of nitrogens with zero attached hydrogens (tertiary/aromatic N) is 1. The van der Waals surface area contributed by atoms with Gasteiger partial charge in [0, 0.05) is 25.3 Å². The van der Waals surface area contributed by atoms with Gasteiger partial charge in [-0.05, 0) is 70.1 Å². The van der Waals surface area contributed by atoms with Crippen molar-refractivity contribution in [3.8, 4) is 5.75 Å². The second-order valence-electron chi connectivity index (χ2n) is 11.9. The minimum Gasteiger partial charge on any atom is -0.493 e. The zero-order chi connectivity index (χ0) is 28.2. The zero-order valence-electron chi connectivity index (χ0n) is 23.1. The summed E-state index contributed by atoms with van der Waals surface area (Å²) in [6, 6.07) is 5.44. The third-order valence-corrected chi connectivity index (χ3v) is 7.75. The first-order valence-electron chi connectivity index (χ1n) is 14.0. The first-order chi connectivity index (χ1) is 18.5. The number of ether oxygens (including phenoxy) is 3. The average Bonchev–Trinajstić information content (AvgIpc) is 3.30. The summed E-state index contributed by atoms with van der Waals surface area (Å²) in [5.41, 5.74) is 0.279. The summed E-state index contributed by atoms with van der Waals surface area (Å²) in [5, 5.41) is 23.4. The van der Waals surface area contributed by atoms with Gasteiger partial charge in [-0.3, -0.25) is 9.59 Å². The number of aliphatic carboxylic acids is 1. The van der Waals surface area contributed by atoms with Crippen molar-refractivity contribution in [2.45, 2.75) is 95.8 Å². The van der Waals surface area contributed by atoms with E-state index in [1.807, 2.05) is 45.0 Å². The largest absolute Gasteiger partial charge is 0.493 e. The van der Waals surface area contributed by atoms with Crippen LogP contribution in [0.1, 0.15) is 64.9 Å². The molecule has 2 amide bonds. The lowest BCUT2D eigenvalue weighted by Crippen LogP contribution is -2.55.